The molecule has 0 N–H and O–H groups in total. The molecule has 0 unspecified atom stereocenters. The fraction of sp³-hybridized carbons (Fsp3) is 0.688. The van der Waals surface area contributed by atoms with Crippen molar-refractivity contribution in [2.75, 3.05) is 31.1 Å². The topological polar surface area (TPSA) is 19.4 Å². The van der Waals surface area contributed by atoms with Gasteiger partial charge in [0.1, 0.15) is 5.82 Å². The van der Waals surface area contributed by atoms with E-state index in [2.05, 4.69) is 35.1 Å². The average molecular weight is 259 g/mol. The van der Waals surface area contributed by atoms with Crippen molar-refractivity contribution in [1.82, 2.24) is 9.88 Å². The van der Waals surface area contributed by atoms with Gasteiger partial charge in [-0.1, -0.05) is 13.0 Å². The van der Waals surface area contributed by atoms with Crippen molar-refractivity contribution >= 4 is 5.82 Å². The summed E-state index contributed by atoms with van der Waals surface area (Å²) in [6, 6.07) is 5.13. The number of nitrogens with zero attached hydrogens (tertiary/aromatic N) is 3. The third kappa shape index (κ3) is 2.76. The number of likely N-dealkylation sites (tertiary alicyclic amines) is 1. The van der Waals surface area contributed by atoms with Crippen LogP contribution in [0, 0.1) is 0 Å². The number of anilines is 1. The molecule has 2 fully saturated rings. The molecule has 3 heterocycles. The minimum atomic E-state index is 0.605. The Morgan fingerprint density at radius 2 is 1.95 bits per heavy atom. The lowest BCUT2D eigenvalue weighted by Crippen LogP contribution is -2.30. The van der Waals surface area contributed by atoms with Gasteiger partial charge in [-0.2, -0.15) is 0 Å². The summed E-state index contributed by atoms with van der Waals surface area (Å²) in [7, 11) is 0. The van der Waals surface area contributed by atoms with E-state index in [-0.39, 0.29) is 0 Å². The lowest BCUT2D eigenvalue weighted by Gasteiger charge is -2.28. The van der Waals surface area contributed by atoms with Gasteiger partial charge in [-0.05, 0) is 56.8 Å². The van der Waals surface area contributed by atoms with Gasteiger partial charge in [0, 0.05) is 25.3 Å². The molecule has 1 aromatic rings. The van der Waals surface area contributed by atoms with Crippen LogP contribution in [0.15, 0.2) is 18.3 Å². The van der Waals surface area contributed by atoms with E-state index in [1.54, 1.807) is 0 Å². The van der Waals surface area contributed by atoms with Gasteiger partial charge in [-0.25, -0.2) is 4.98 Å². The van der Waals surface area contributed by atoms with Crippen LogP contribution in [0.2, 0.25) is 0 Å². The van der Waals surface area contributed by atoms with Crippen LogP contribution in [-0.2, 0) is 0 Å². The maximum absolute atomic E-state index is 4.71. The minimum absolute atomic E-state index is 0.605. The Bertz CT molecular complexity index is 395. The summed E-state index contributed by atoms with van der Waals surface area (Å²) in [5.41, 5.74) is 1.40. The Morgan fingerprint density at radius 3 is 2.63 bits per heavy atom. The van der Waals surface area contributed by atoms with Gasteiger partial charge in [-0.15, -0.1) is 0 Å². The number of hydrogen-bond acceptors (Lipinski definition) is 3. The van der Waals surface area contributed by atoms with Crippen LogP contribution >= 0.6 is 0 Å². The van der Waals surface area contributed by atoms with Gasteiger partial charge in [0.25, 0.3) is 0 Å². The van der Waals surface area contributed by atoms with E-state index >= 15 is 0 Å². The molecule has 19 heavy (non-hydrogen) atoms. The van der Waals surface area contributed by atoms with Gasteiger partial charge in [0.2, 0.25) is 0 Å². The second-order valence-corrected chi connectivity index (χ2v) is 5.78. The molecule has 1 aromatic heterocycles. The molecule has 3 rings (SSSR count). The van der Waals surface area contributed by atoms with Crippen molar-refractivity contribution in [3.63, 3.8) is 0 Å². The van der Waals surface area contributed by atoms with Crippen LogP contribution in [0.1, 0.15) is 50.6 Å². The zero-order valence-electron chi connectivity index (χ0n) is 12.0. The molecule has 2 saturated heterocycles. The summed E-state index contributed by atoms with van der Waals surface area (Å²) in [4.78, 5) is 9.71. The van der Waals surface area contributed by atoms with Crippen LogP contribution < -0.4 is 4.90 Å². The average Bonchev–Trinajstić information content (AvgIpc) is 2.97. The molecule has 3 nitrogen and oxygen atoms in total. The molecule has 0 bridgehead atoms. The van der Waals surface area contributed by atoms with Crippen LogP contribution in [0.4, 0.5) is 5.82 Å². The van der Waals surface area contributed by atoms with Crippen molar-refractivity contribution in [3.05, 3.63) is 23.9 Å². The Balaban J connectivity index is 1.71. The van der Waals surface area contributed by atoms with Crippen LogP contribution in [0.5, 0.6) is 0 Å². The lowest BCUT2D eigenvalue weighted by atomic mass is 10.1. The van der Waals surface area contributed by atoms with Crippen molar-refractivity contribution in [2.24, 2.45) is 0 Å². The molecule has 0 aromatic carbocycles. The molecule has 0 spiro atoms. The summed E-state index contributed by atoms with van der Waals surface area (Å²) >= 11 is 0. The third-order valence-corrected chi connectivity index (χ3v) is 4.61. The minimum Gasteiger partial charge on any atom is -0.357 e. The highest BCUT2D eigenvalue weighted by Crippen LogP contribution is 2.31. The Morgan fingerprint density at radius 1 is 1.11 bits per heavy atom. The fourth-order valence-electron chi connectivity index (χ4n) is 3.49. The van der Waals surface area contributed by atoms with Crippen LogP contribution in [0.25, 0.3) is 0 Å². The molecule has 0 saturated carbocycles. The van der Waals surface area contributed by atoms with Crippen molar-refractivity contribution in [2.45, 2.75) is 45.1 Å². The maximum Gasteiger partial charge on any atom is 0.128 e. The third-order valence-electron chi connectivity index (χ3n) is 4.61. The molecule has 104 valence electrons. The second-order valence-electron chi connectivity index (χ2n) is 5.78. The monoisotopic (exact) mass is 259 g/mol. The molecule has 2 aliphatic heterocycles. The smallest absolute Gasteiger partial charge is 0.128 e. The van der Waals surface area contributed by atoms with E-state index in [9.17, 15) is 0 Å². The SMILES string of the molecule is CCN1CCC[C@@H]1c1ccc(N2CCCCC2)nc1. The first-order chi connectivity index (χ1) is 9.38. The van der Waals surface area contributed by atoms with Crippen LogP contribution in [-0.4, -0.2) is 36.1 Å². The lowest BCUT2D eigenvalue weighted by molar-refractivity contribution is 0.271. The summed E-state index contributed by atoms with van der Waals surface area (Å²) in [5.74, 6) is 1.17. The van der Waals surface area contributed by atoms with E-state index in [0.29, 0.717) is 6.04 Å². The first kappa shape index (κ1) is 12.9. The molecule has 2 aliphatic rings. The molecule has 1 atom stereocenters. The van der Waals surface area contributed by atoms with E-state index in [4.69, 9.17) is 4.98 Å². The highest BCUT2D eigenvalue weighted by Gasteiger charge is 2.24. The van der Waals surface area contributed by atoms with Crippen molar-refractivity contribution < 1.29 is 0 Å². The predicted molar refractivity (Wildman–Crippen MR) is 79.5 cm³/mol. The van der Waals surface area contributed by atoms with Crippen molar-refractivity contribution in [1.29, 1.82) is 0 Å². The first-order valence-corrected chi connectivity index (χ1v) is 7.83. The molecular formula is C16H25N3. The summed E-state index contributed by atoms with van der Waals surface area (Å²) in [6.07, 6.45) is 8.74. The molecule has 0 aliphatic carbocycles. The zero-order chi connectivity index (χ0) is 13.1. The summed E-state index contributed by atoms with van der Waals surface area (Å²) in [6.45, 7) is 7.01. The Labute approximate surface area is 116 Å². The molecule has 0 amide bonds. The standard InChI is InChI=1S/C16H25N3/c1-2-18-12-6-7-15(18)14-8-9-16(17-13-14)19-10-4-3-5-11-19/h8-9,13,15H,2-7,10-12H2,1H3/t15-/m1/s1. The number of hydrogen-bond donors (Lipinski definition) is 0. The molecule has 3 heteroatoms. The Hall–Kier alpha value is -1.09. The highest BCUT2D eigenvalue weighted by molar-refractivity contribution is 5.40. The van der Waals surface area contributed by atoms with Crippen LogP contribution in [0.3, 0.4) is 0 Å². The zero-order valence-corrected chi connectivity index (χ0v) is 12.0. The van der Waals surface area contributed by atoms with E-state index in [1.165, 1.54) is 63.1 Å². The van der Waals surface area contributed by atoms with E-state index < -0.39 is 0 Å². The molecule has 0 radical (unpaired) electrons. The van der Waals surface area contributed by atoms with Gasteiger partial charge < -0.3 is 4.90 Å². The Kier molecular flexibility index (Phi) is 4.02. The maximum atomic E-state index is 4.71. The summed E-state index contributed by atoms with van der Waals surface area (Å²) in [5, 5.41) is 0. The number of pyridine rings is 1. The highest BCUT2D eigenvalue weighted by atomic mass is 15.2. The predicted octanol–water partition coefficient (Wildman–Crippen LogP) is 3.23. The second kappa shape index (κ2) is 5.91. The van der Waals surface area contributed by atoms with E-state index in [1.807, 2.05) is 0 Å². The van der Waals surface area contributed by atoms with Crippen molar-refractivity contribution in [3.8, 4) is 0 Å². The number of rotatable bonds is 3. The van der Waals surface area contributed by atoms with E-state index in [0.717, 1.165) is 6.54 Å². The first-order valence-electron chi connectivity index (χ1n) is 7.83. The summed E-state index contributed by atoms with van der Waals surface area (Å²) < 4.78 is 0. The number of aromatic nitrogens is 1. The fourth-order valence-corrected chi connectivity index (χ4v) is 3.49. The number of piperidine rings is 1. The largest absolute Gasteiger partial charge is 0.357 e. The quantitative estimate of drug-likeness (QED) is 0.831. The van der Waals surface area contributed by atoms with Gasteiger partial charge >= 0.3 is 0 Å². The van der Waals surface area contributed by atoms with Gasteiger partial charge in [0.15, 0.2) is 0 Å². The van der Waals surface area contributed by atoms with Gasteiger partial charge in [0.05, 0.1) is 0 Å². The molecular weight excluding hydrogens is 234 g/mol. The normalized spacial score (nSPS) is 24.9. The van der Waals surface area contributed by atoms with Gasteiger partial charge in [-0.3, -0.25) is 4.90 Å².